The standard InChI is InChI=1S/C18H17N3O3S/c1-23-14-3-2-4-15(9-14)24-10-17(22)21-18-20-16(11-25-18)12-5-7-13(19)8-6-12/h2-9,11H,10,19H2,1H3,(H,20,21,22). The number of amides is 1. The summed E-state index contributed by atoms with van der Waals surface area (Å²) in [6.45, 7) is -0.107. The number of ether oxygens (including phenoxy) is 2. The molecule has 0 aliphatic rings. The van der Waals surface area contributed by atoms with Crippen molar-refractivity contribution >= 4 is 28.1 Å². The van der Waals surface area contributed by atoms with Gasteiger partial charge in [-0.25, -0.2) is 4.98 Å². The molecule has 3 rings (SSSR count). The van der Waals surface area contributed by atoms with Crippen molar-refractivity contribution in [1.29, 1.82) is 0 Å². The van der Waals surface area contributed by atoms with Gasteiger partial charge in [-0.05, 0) is 24.3 Å². The van der Waals surface area contributed by atoms with Crippen molar-refractivity contribution in [2.24, 2.45) is 0 Å². The third-order valence-corrected chi connectivity index (χ3v) is 4.13. The number of thiazole rings is 1. The number of nitrogens with one attached hydrogen (secondary N) is 1. The third-order valence-electron chi connectivity index (χ3n) is 3.37. The van der Waals surface area contributed by atoms with Crippen molar-refractivity contribution < 1.29 is 14.3 Å². The van der Waals surface area contributed by atoms with Gasteiger partial charge >= 0.3 is 0 Å². The van der Waals surface area contributed by atoms with Crippen LogP contribution in [-0.4, -0.2) is 24.6 Å². The van der Waals surface area contributed by atoms with E-state index >= 15 is 0 Å². The number of hydrogen-bond acceptors (Lipinski definition) is 6. The third kappa shape index (κ3) is 4.48. The van der Waals surface area contributed by atoms with Crippen molar-refractivity contribution in [3.05, 3.63) is 53.9 Å². The van der Waals surface area contributed by atoms with Crippen molar-refractivity contribution in [1.82, 2.24) is 4.98 Å². The average molecular weight is 355 g/mol. The molecule has 3 aromatic rings. The predicted molar refractivity (Wildman–Crippen MR) is 99.1 cm³/mol. The van der Waals surface area contributed by atoms with Gasteiger partial charge < -0.3 is 15.2 Å². The van der Waals surface area contributed by atoms with Gasteiger partial charge in [0, 0.05) is 22.7 Å². The number of hydrogen-bond donors (Lipinski definition) is 2. The first kappa shape index (κ1) is 16.8. The highest BCUT2D eigenvalue weighted by Gasteiger charge is 2.09. The number of rotatable bonds is 6. The van der Waals surface area contributed by atoms with Crippen LogP contribution in [0.2, 0.25) is 0 Å². The molecular formula is C18H17N3O3S. The van der Waals surface area contributed by atoms with Crippen molar-refractivity contribution in [3.63, 3.8) is 0 Å². The molecule has 0 aliphatic heterocycles. The Labute approximate surface area is 149 Å². The molecule has 1 aromatic heterocycles. The second kappa shape index (κ2) is 7.67. The van der Waals surface area contributed by atoms with Crippen LogP contribution in [0.25, 0.3) is 11.3 Å². The maximum Gasteiger partial charge on any atom is 0.264 e. The van der Waals surface area contributed by atoms with E-state index in [4.69, 9.17) is 15.2 Å². The van der Waals surface area contributed by atoms with Gasteiger partial charge in [0.25, 0.3) is 5.91 Å². The first-order valence-electron chi connectivity index (χ1n) is 7.52. The number of anilines is 2. The minimum Gasteiger partial charge on any atom is -0.497 e. The Hall–Kier alpha value is -3.06. The zero-order valence-corrected chi connectivity index (χ0v) is 14.4. The van der Waals surface area contributed by atoms with E-state index in [0.29, 0.717) is 22.3 Å². The smallest absolute Gasteiger partial charge is 0.264 e. The average Bonchev–Trinajstić information content (AvgIpc) is 3.09. The monoisotopic (exact) mass is 355 g/mol. The fraction of sp³-hybridized carbons (Fsp3) is 0.111. The fourth-order valence-corrected chi connectivity index (χ4v) is 2.85. The van der Waals surface area contributed by atoms with E-state index in [0.717, 1.165) is 11.3 Å². The Morgan fingerprint density at radius 1 is 1.20 bits per heavy atom. The number of carbonyl (C=O) groups is 1. The molecule has 0 spiro atoms. The van der Waals surface area contributed by atoms with E-state index in [1.807, 2.05) is 29.6 Å². The molecule has 0 aliphatic carbocycles. The molecule has 1 heterocycles. The molecule has 0 radical (unpaired) electrons. The highest BCUT2D eigenvalue weighted by atomic mass is 32.1. The number of methoxy groups -OCH3 is 1. The van der Waals surface area contributed by atoms with Gasteiger partial charge in [0.15, 0.2) is 11.7 Å². The van der Waals surface area contributed by atoms with Crippen LogP contribution in [0.15, 0.2) is 53.9 Å². The summed E-state index contributed by atoms with van der Waals surface area (Å²) >= 11 is 1.35. The topological polar surface area (TPSA) is 86.5 Å². The van der Waals surface area contributed by atoms with Crippen LogP contribution in [0.3, 0.4) is 0 Å². The highest BCUT2D eigenvalue weighted by molar-refractivity contribution is 7.14. The summed E-state index contributed by atoms with van der Waals surface area (Å²) in [4.78, 5) is 16.4. The van der Waals surface area contributed by atoms with Gasteiger partial charge in [0.05, 0.1) is 12.8 Å². The first-order chi connectivity index (χ1) is 12.1. The lowest BCUT2D eigenvalue weighted by Crippen LogP contribution is -2.20. The minimum absolute atomic E-state index is 0.107. The Morgan fingerprint density at radius 2 is 1.96 bits per heavy atom. The number of carbonyl (C=O) groups excluding carboxylic acids is 1. The molecule has 128 valence electrons. The summed E-state index contributed by atoms with van der Waals surface area (Å²) in [5, 5.41) is 5.13. The Morgan fingerprint density at radius 3 is 2.72 bits per heavy atom. The molecule has 7 heteroatoms. The zero-order valence-electron chi connectivity index (χ0n) is 13.6. The number of nitrogen functional groups attached to an aromatic ring is 1. The van der Waals surface area contributed by atoms with E-state index in [-0.39, 0.29) is 12.5 Å². The van der Waals surface area contributed by atoms with Crippen LogP contribution < -0.4 is 20.5 Å². The SMILES string of the molecule is COc1cccc(OCC(=O)Nc2nc(-c3ccc(N)cc3)cs2)c1. The summed E-state index contributed by atoms with van der Waals surface area (Å²) in [7, 11) is 1.58. The van der Waals surface area contributed by atoms with E-state index in [1.54, 1.807) is 31.4 Å². The maximum absolute atomic E-state index is 12.0. The summed E-state index contributed by atoms with van der Waals surface area (Å²) in [5.74, 6) is 0.961. The molecule has 0 saturated carbocycles. The number of nitrogens with two attached hydrogens (primary N) is 1. The Balaban J connectivity index is 1.57. The van der Waals surface area contributed by atoms with Crippen LogP contribution in [0.1, 0.15) is 0 Å². The molecule has 0 unspecified atom stereocenters. The molecule has 0 saturated heterocycles. The second-order valence-corrected chi connectivity index (χ2v) is 6.03. The highest BCUT2D eigenvalue weighted by Crippen LogP contribution is 2.25. The normalized spacial score (nSPS) is 10.3. The molecule has 3 N–H and O–H groups in total. The molecule has 0 bridgehead atoms. The van der Waals surface area contributed by atoms with Gasteiger partial charge in [-0.15, -0.1) is 11.3 Å². The molecule has 1 amide bonds. The van der Waals surface area contributed by atoms with Crippen LogP contribution in [0.5, 0.6) is 11.5 Å². The van der Waals surface area contributed by atoms with E-state index in [9.17, 15) is 4.79 Å². The molecule has 6 nitrogen and oxygen atoms in total. The largest absolute Gasteiger partial charge is 0.497 e. The van der Waals surface area contributed by atoms with Gasteiger partial charge in [-0.2, -0.15) is 0 Å². The molecular weight excluding hydrogens is 338 g/mol. The summed E-state index contributed by atoms with van der Waals surface area (Å²) in [5.41, 5.74) is 8.10. The fourth-order valence-electron chi connectivity index (χ4n) is 2.11. The maximum atomic E-state index is 12.0. The lowest BCUT2D eigenvalue weighted by atomic mass is 10.1. The van der Waals surface area contributed by atoms with Crippen LogP contribution in [-0.2, 0) is 4.79 Å². The minimum atomic E-state index is -0.277. The van der Waals surface area contributed by atoms with E-state index in [1.165, 1.54) is 11.3 Å². The van der Waals surface area contributed by atoms with Gasteiger partial charge in [0.1, 0.15) is 11.5 Å². The zero-order chi connectivity index (χ0) is 17.6. The summed E-state index contributed by atoms with van der Waals surface area (Å²) in [6.07, 6.45) is 0. The molecule has 2 aromatic carbocycles. The van der Waals surface area contributed by atoms with E-state index < -0.39 is 0 Å². The first-order valence-corrected chi connectivity index (χ1v) is 8.40. The number of aromatic nitrogens is 1. The number of benzene rings is 2. The molecule has 0 fully saturated rings. The van der Waals surface area contributed by atoms with Crippen LogP contribution in [0, 0.1) is 0 Å². The van der Waals surface area contributed by atoms with Gasteiger partial charge in [0.2, 0.25) is 0 Å². The van der Waals surface area contributed by atoms with Gasteiger partial charge in [-0.1, -0.05) is 18.2 Å². The van der Waals surface area contributed by atoms with Crippen molar-refractivity contribution in [2.45, 2.75) is 0 Å². The van der Waals surface area contributed by atoms with E-state index in [2.05, 4.69) is 10.3 Å². The molecule has 25 heavy (non-hydrogen) atoms. The van der Waals surface area contributed by atoms with Crippen molar-refractivity contribution in [3.8, 4) is 22.8 Å². The lowest BCUT2D eigenvalue weighted by Gasteiger charge is -2.07. The van der Waals surface area contributed by atoms with Gasteiger partial charge in [-0.3, -0.25) is 10.1 Å². The van der Waals surface area contributed by atoms with Crippen molar-refractivity contribution in [2.75, 3.05) is 24.8 Å². The Kier molecular flexibility index (Phi) is 5.15. The second-order valence-electron chi connectivity index (χ2n) is 5.18. The Bertz CT molecular complexity index is 862. The summed E-state index contributed by atoms with van der Waals surface area (Å²) in [6, 6.07) is 14.5. The number of nitrogens with zero attached hydrogens (tertiary/aromatic N) is 1. The van der Waals surface area contributed by atoms with Crippen LogP contribution in [0.4, 0.5) is 10.8 Å². The van der Waals surface area contributed by atoms with Crippen LogP contribution >= 0.6 is 11.3 Å². The quantitative estimate of drug-likeness (QED) is 0.662. The molecule has 0 atom stereocenters. The lowest BCUT2D eigenvalue weighted by molar-refractivity contribution is -0.118. The summed E-state index contributed by atoms with van der Waals surface area (Å²) < 4.78 is 10.6. The predicted octanol–water partition coefficient (Wildman–Crippen LogP) is 3.42.